The van der Waals surface area contributed by atoms with Crippen molar-refractivity contribution in [1.29, 1.82) is 0 Å². The standard InChI is InChI=1S/C22H20N4O2S/c1-13-25-19(11-29-13)14-4-3-5-15(8-14)26-22-17-9-20(27-2)21(28-16-6-7-16)10-18(17)23-12-24-22/h3-5,8-12,16H,6-7H2,1-2H3,(H,23,24,26). The van der Waals surface area contributed by atoms with Gasteiger partial charge in [-0.3, -0.25) is 0 Å². The Morgan fingerprint density at radius 1 is 1.10 bits per heavy atom. The smallest absolute Gasteiger partial charge is 0.163 e. The topological polar surface area (TPSA) is 69.2 Å². The zero-order valence-electron chi connectivity index (χ0n) is 16.2. The molecule has 0 unspecified atom stereocenters. The number of thiazole rings is 1. The number of aryl methyl sites for hydroxylation is 1. The van der Waals surface area contributed by atoms with Crippen LogP contribution >= 0.6 is 11.3 Å². The van der Waals surface area contributed by atoms with E-state index in [2.05, 4.69) is 37.8 Å². The van der Waals surface area contributed by atoms with E-state index in [0.29, 0.717) is 5.75 Å². The van der Waals surface area contributed by atoms with Gasteiger partial charge in [-0.1, -0.05) is 12.1 Å². The van der Waals surface area contributed by atoms with Gasteiger partial charge in [0.15, 0.2) is 11.5 Å². The van der Waals surface area contributed by atoms with Crippen LogP contribution in [0.1, 0.15) is 17.8 Å². The number of nitrogens with one attached hydrogen (secondary N) is 1. The number of hydrogen-bond donors (Lipinski definition) is 1. The lowest BCUT2D eigenvalue weighted by Crippen LogP contribution is -2.01. The molecule has 2 aromatic heterocycles. The van der Waals surface area contributed by atoms with Crippen molar-refractivity contribution in [3.05, 3.63) is 53.1 Å². The molecule has 0 bridgehead atoms. The van der Waals surface area contributed by atoms with Crippen LogP contribution in [0.25, 0.3) is 22.2 Å². The van der Waals surface area contributed by atoms with Gasteiger partial charge in [0.05, 0.1) is 29.4 Å². The Morgan fingerprint density at radius 2 is 2.00 bits per heavy atom. The third-order valence-corrected chi connectivity index (χ3v) is 5.55. The van der Waals surface area contributed by atoms with Gasteiger partial charge in [0.2, 0.25) is 0 Å². The average Bonchev–Trinajstić information content (AvgIpc) is 3.44. The minimum absolute atomic E-state index is 0.290. The lowest BCUT2D eigenvalue weighted by Gasteiger charge is -2.13. The molecule has 1 aliphatic rings. The van der Waals surface area contributed by atoms with E-state index in [0.717, 1.165) is 57.3 Å². The number of aromatic nitrogens is 3. The van der Waals surface area contributed by atoms with Gasteiger partial charge in [-0.25, -0.2) is 15.0 Å². The quantitative estimate of drug-likeness (QED) is 0.467. The van der Waals surface area contributed by atoms with Crippen LogP contribution in [0.2, 0.25) is 0 Å². The van der Waals surface area contributed by atoms with Crippen molar-refractivity contribution < 1.29 is 9.47 Å². The van der Waals surface area contributed by atoms with E-state index in [4.69, 9.17) is 9.47 Å². The number of ether oxygens (including phenoxy) is 2. The molecular weight excluding hydrogens is 384 g/mol. The number of rotatable bonds is 6. The summed E-state index contributed by atoms with van der Waals surface area (Å²) in [5.41, 5.74) is 3.79. The van der Waals surface area contributed by atoms with Crippen molar-refractivity contribution in [2.24, 2.45) is 0 Å². The number of fused-ring (bicyclic) bond motifs is 1. The zero-order valence-corrected chi connectivity index (χ0v) is 17.0. The average molecular weight is 404 g/mol. The fraction of sp³-hybridized carbons (Fsp3) is 0.227. The zero-order chi connectivity index (χ0) is 19.8. The lowest BCUT2D eigenvalue weighted by molar-refractivity contribution is 0.282. The van der Waals surface area contributed by atoms with Gasteiger partial charge in [0.25, 0.3) is 0 Å². The summed E-state index contributed by atoms with van der Waals surface area (Å²) in [6, 6.07) is 12.0. The minimum Gasteiger partial charge on any atom is -0.493 e. The van der Waals surface area contributed by atoms with Gasteiger partial charge in [0.1, 0.15) is 12.1 Å². The molecule has 2 aromatic carbocycles. The molecule has 6 nitrogen and oxygen atoms in total. The van der Waals surface area contributed by atoms with Crippen molar-refractivity contribution in [3.8, 4) is 22.8 Å². The second-order valence-electron chi connectivity index (χ2n) is 7.02. The third-order valence-electron chi connectivity index (χ3n) is 4.78. The Labute approximate surface area is 172 Å². The summed E-state index contributed by atoms with van der Waals surface area (Å²) in [6.45, 7) is 2.01. The number of hydrogen-bond acceptors (Lipinski definition) is 7. The Hall–Kier alpha value is -3.19. The molecular formula is C22H20N4O2S. The predicted octanol–water partition coefficient (Wildman–Crippen LogP) is 5.36. The van der Waals surface area contributed by atoms with E-state index in [1.54, 1.807) is 24.8 Å². The van der Waals surface area contributed by atoms with E-state index in [1.807, 2.05) is 31.2 Å². The molecule has 0 amide bonds. The fourth-order valence-electron chi connectivity index (χ4n) is 3.17. The van der Waals surface area contributed by atoms with Crippen LogP contribution in [0.5, 0.6) is 11.5 Å². The first kappa shape index (κ1) is 17.9. The molecule has 2 heterocycles. The number of methoxy groups -OCH3 is 1. The Bertz CT molecular complexity index is 1190. The molecule has 1 aliphatic carbocycles. The summed E-state index contributed by atoms with van der Waals surface area (Å²) in [5.74, 6) is 2.14. The Kier molecular flexibility index (Phi) is 4.52. The molecule has 0 spiro atoms. The maximum atomic E-state index is 5.97. The van der Waals surface area contributed by atoms with Crippen LogP contribution in [-0.2, 0) is 0 Å². The van der Waals surface area contributed by atoms with Gasteiger partial charge in [-0.05, 0) is 38.0 Å². The van der Waals surface area contributed by atoms with Crippen molar-refractivity contribution in [1.82, 2.24) is 15.0 Å². The van der Waals surface area contributed by atoms with E-state index in [9.17, 15) is 0 Å². The van der Waals surface area contributed by atoms with E-state index < -0.39 is 0 Å². The molecule has 0 saturated heterocycles. The van der Waals surface area contributed by atoms with Gasteiger partial charge in [-0.2, -0.15) is 0 Å². The number of benzene rings is 2. The monoisotopic (exact) mass is 404 g/mol. The van der Waals surface area contributed by atoms with Gasteiger partial charge in [-0.15, -0.1) is 11.3 Å². The fourth-order valence-corrected chi connectivity index (χ4v) is 3.79. The molecule has 0 atom stereocenters. The molecule has 5 rings (SSSR count). The molecule has 0 radical (unpaired) electrons. The Balaban J connectivity index is 1.50. The summed E-state index contributed by atoms with van der Waals surface area (Å²) in [4.78, 5) is 13.4. The van der Waals surface area contributed by atoms with E-state index >= 15 is 0 Å². The highest BCUT2D eigenvalue weighted by atomic mass is 32.1. The molecule has 146 valence electrons. The summed E-state index contributed by atoms with van der Waals surface area (Å²) in [7, 11) is 1.65. The van der Waals surface area contributed by atoms with Gasteiger partial charge >= 0.3 is 0 Å². The first-order chi connectivity index (χ1) is 14.2. The molecule has 7 heteroatoms. The van der Waals surface area contributed by atoms with Crippen LogP contribution < -0.4 is 14.8 Å². The summed E-state index contributed by atoms with van der Waals surface area (Å²) < 4.78 is 11.5. The Morgan fingerprint density at radius 3 is 2.76 bits per heavy atom. The van der Waals surface area contributed by atoms with Crippen molar-refractivity contribution in [2.75, 3.05) is 12.4 Å². The van der Waals surface area contributed by atoms with Crippen LogP contribution in [0, 0.1) is 6.92 Å². The van der Waals surface area contributed by atoms with Crippen LogP contribution in [0.3, 0.4) is 0 Å². The molecule has 4 aromatic rings. The third kappa shape index (κ3) is 3.73. The summed E-state index contributed by atoms with van der Waals surface area (Å²) in [6.07, 6.45) is 4.03. The highest BCUT2D eigenvalue weighted by molar-refractivity contribution is 7.09. The molecule has 1 fully saturated rings. The summed E-state index contributed by atoms with van der Waals surface area (Å²) >= 11 is 1.65. The first-order valence-corrected chi connectivity index (χ1v) is 10.4. The first-order valence-electron chi connectivity index (χ1n) is 9.48. The van der Waals surface area contributed by atoms with Crippen molar-refractivity contribution >= 4 is 33.7 Å². The largest absolute Gasteiger partial charge is 0.493 e. The van der Waals surface area contributed by atoms with E-state index in [-0.39, 0.29) is 6.10 Å². The van der Waals surface area contributed by atoms with Crippen LogP contribution in [-0.4, -0.2) is 28.2 Å². The van der Waals surface area contributed by atoms with Crippen molar-refractivity contribution in [2.45, 2.75) is 25.9 Å². The minimum atomic E-state index is 0.290. The second-order valence-corrected chi connectivity index (χ2v) is 8.08. The molecule has 29 heavy (non-hydrogen) atoms. The SMILES string of the molecule is COc1cc2c(Nc3cccc(-c4csc(C)n4)c3)ncnc2cc1OC1CC1. The summed E-state index contributed by atoms with van der Waals surface area (Å²) in [5, 5.41) is 7.42. The number of nitrogens with zero attached hydrogens (tertiary/aromatic N) is 3. The number of anilines is 2. The normalized spacial score (nSPS) is 13.4. The van der Waals surface area contributed by atoms with Crippen molar-refractivity contribution in [3.63, 3.8) is 0 Å². The molecule has 1 saturated carbocycles. The van der Waals surface area contributed by atoms with E-state index in [1.165, 1.54) is 0 Å². The maximum absolute atomic E-state index is 5.97. The van der Waals surface area contributed by atoms with Crippen LogP contribution in [0.4, 0.5) is 11.5 Å². The second kappa shape index (κ2) is 7.33. The predicted molar refractivity (Wildman–Crippen MR) is 115 cm³/mol. The molecule has 0 aliphatic heterocycles. The lowest BCUT2D eigenvalue weighted by atomic mass is 10.1. The molecule has 1 N–H and O–H groups in total. The van der Waals surface area contributed by atoms with Gasteiger partial charge < -0.3 is 14.8 Å². The highest BCUT2D eigenvalue weighted by Gasteiger charge is 2.25. The van der Waals surface area contributed by atoms with Gasteiger partial charge in [0, 0.05) is 28.1 Å². The maximum Gasteiger partial charge on any atom is 0.163 e. The highest BCUT2D eigenvalue weighted by Crippen LogP contribution is 2.38. The van der Waals surface area contributed by atoms with Crippen LogP contribution in [0.15, 0.2) is 48.1 Å².